The van der Waals surface area contributed by atoms with Crippen LogP contribution >= 0.6 is 0 Å². The molecule has 1 heterocycles. The maximum Gasteiger partial charge on any atom is 0.143 e. The third-order valence-corrected chi connectivity index (χ3v) is 9.18. The van der Waals surface area contributed by atoms with E-state index in [0.717, 1.165) is 22.1 Å². The standard InChI is InChI=1S/C40H22O/c1-2-9-25-23(8-1)19-21-36-37(25)34-17-5-12-26(40(34)41-36)24-18-20-29-32-15-6-13-30-27-10-3-4-11-28(27)31-14-7-16-33(35(29)22-24)39(31)38(30)32/h1-22H. The van der Waals surface area contributed by atoms with Crippen LogP contribution in [0.15, 0.2) is 138 Å². The molecule has 0 aliphatic rings. The van der Waals surface area contributed by atoms with Gasteiger partial charge in [-0.2, -0.15) is 0 Å². The van der Waals surface area contributed by atoms with Gasteiger partial charge in [-0.05, 0) is 82.3 Å². The molecule has 0 saturated heterocycles. The van der Waals surface area contributed by atoms with Gasteiger partial charge < -0.3 is 4.42 Å². The molecule has 10 rings (SSSR count). The van der Waals surface area contributed by atoms with Crippen LogP contribution in [0.1, 0.15) is 0 Å². The van der Waals surface area contributed by atoms with Gasteiger partial charge in [-0.3, -0.25) is 0 Å². The van der Waals surface area contributed by atoms with Crippen LogP contribution in [-0.4, -0.2) is 0 Å². The van der Waals surface area contributed by atoms with Gasteiger partial charge >= 0.3 is 0 Å². The molecular weight excluding hydrogens is 496 g/mol. The number of fused-ring (bicyclic) bond motifs is 11. The minimum Gasteiger partial charge on any atom is -0.455 e. The molecule has 0 N–H and O–H groups in total. The molecule has 1 nitrogen and oxygen atoms in total. The third-order valence-electron chi connectivity index (χ3n) is 9.18. The smallest absolute Gasteiger partial charge is 0.143 e. The summed E-state index contributed by atoms with van der Waals surface area (Å²) in [5, 5.41) is 18.0. The summed E-state index contributed by atoms with van der Waals surface area (Å²) in [6.07, 6.45) is 0. The van der Waals surface area contributed by atoms with Crippen LogP contribution in [0.4, 0.5) is 0 Å². The SMILES string of the molecule is c1ccc2c(c1)ccc1oc3c(-c4ccc5c(c4)c4cccc6c7ccccc7c7cccc5c7c64)cccc3c12. The Balaban J connectivity index is 1.34. The van der Waals surface area contributed by atoms with Crippen molar-refractivity contribution in [1.82, 2.24) is 0 Å². The Bertz CT molecular complexity index is 2690. The Kier molecular flexibility index (Phi) is 3.98. The summed E-state index contributed by atoms with van der Waals surface area (Å²) in [4.78, 5) is 0. The molecule has 1 heteroatoms. The molecule has 41 heavy (non-hydrogen) atoms. The molecule has 0 saturated carbocycles. The summed E-state index contributed by atoms with van der Waals surface area (Å²) in [6.45, 7) is 0. The zero-order chi connectivity index (χ0) is 26.7. The van der Waals surface area contributed by atoms with E-state index in [2.05, 4.69) is 133 Å². The number of rotatable bonds is 1. The van der Waals surface area contributed by atoms with Crippen LogP contribution in [0, 0.1) is 0 Å². The highest BCUT2D eigenvalue weighted by Crippen LogP contribution is 2.46. The Morgan fingerprint density at radius 3 is 1.63 bits per heavy atom. The van der Waals surface area contributed by atoms with E-state index < -0.39 is 0 Å². The number of furan rings is 1. The van der Waals surface area contributed by atoms with Gasteiger partial charge in [0.15, 0.2) is 0 Å². The van der Waals surface area contributed by atoms with Crippen molar-refractivity contribution >= 4 is 86.6 Å². The second-order valence-electron chi connectivity index (χ2n) is 11.2. The molecule has 0 radical (unpaired) electrons. The van der Waals surface area contributed by atoms with Gasteiger partial charge in [0, 0.05) is 16.3 Å². The van der Waals surface area contributed by atoms with Crippen molar-refractivity contribution in [1.29, 1.82) is 0 Å². The van der Waals surface area contributed by atoms with Crippen molar-refractivity contribution in [2.75, 3.05) is 0 Å². The monoisotopic (exact) mass is 518 g/mol. The first kappa shape index (κ1) is 21.4. The van der Waals surface area contributed by atoms with Crippen molar-refractivity contribution in [3.05, 3.63) is 133 Å². The molecule has 9 aromatic carbocycles. The molecule has 10 aromatic rings. The van der Waals surface area contributed by atoms with Gasteiger partial charge in [0.25, 0.3) is 0 Å². The van der Waals surface area contributed by atoms with Gasteiger partial charge in [-0.25, -0.2) is 0 Å². The quantitative estimate of drug-likeness (QED) is 0.156. The minimum absolute atomic E-state index is 0.932. The summed E-state index contributed by atoms with van der Waals surface area (Å²) in [5.41, 5.74) is 4.18. The summed E-state index contributed by atoms with van der Waals surface area (Å²) in [5.74, 6) is 0. The van der Waals surface area contributed by atoms with E-state index in [-0.39, 0.29) is 0 Å². The molecule has 0 aliphatic carbocycles. The lowest BCUT2D eigenvalue weighted by atomic mass is 9.85. The normalized spacial score (nSPS) is 12.4. The fourth-order valence-electron chi connectivity index (χ4n) is 7.46. The molecular formula is C40H22O. The average Bonchev–Trinajstić information content (AvgIpc) is 3.44. The maximum absolute atomic E-state index is 6.60. The van der Waals surface area contributed by atoms with Crippen molar-refractivity contribution in [2.24, 2.45) is 0 Å². The predicted molar refractivity (Wildman–Crippen MR) is 175 cm³/mol. The Labute approximate surface area is 235 Å². The zero-order valence-corrected chi connectivity index (χ0v) is 22.1. The summed E-state index contributed by atoms with van der Waals surface area (Å²) >= 11 is 0. The highest BCUT2D eigenvalue weighted by Gasteiger charge is 2.18. The van der Waals surface area contributed by atoms with Crippen molar-refractivity contribution in [3.8, 4) is 11.1 Å². The van der Waals surface area contributed by atoms with E-state index in [1.807, 2.05) is 0 Å². The Morgan fingerprint density at radius 2 is 0.902 bits per heavy atom. The fraction of sp³-hybridized carbons (Fsp3) is 0. The zero-order valence-electron chi connectivity index (χ0n) is 22.1. The van der Waals surface area contributed by atoms with E-state index >= 15 is 0 Å². The van der Waals surface area contributed by atoms with Gasteiger partial charge in [0.05, 0.1) is 0 Å². The average molecular weight is 519 g/mol. The van der Waals surface area contributed by atoms with E-state index in [4.69, 9.17) is 4.42 Å². The molecule has 0 amide bonds. The lowest BCUT2D eigenvalue weighted by Gasteiger charge is -2.18. The Morgan fingerprint density at radius 1 is 0.341 bits per heavy atom. The van der Waals surface area contributed by atoms with Crippen LogP contribution < -0.4 is 0 Å². The van der Waals surface area contributed by atoms with E-state index in [0.29, 0.717) is 0 Å². The van der Waals surface area contributed by atoms with Gasteiger partial charge in [0.2, 0.25) is 0 Å². The first-order chi connectivity index (χ1) is 20.3. The first-order valence-electron chi connectivity index (χ1n) is 14.2. The second kappa shape index (κ2) is 7.62. The molecule has 1 aromatic heterocycles. The highest BCUT2D eigenvalue weighted by molar-refractivity contribution is 6.40. The highest BCUT2D eigenvalue weighted by atomic mass is 16.3. The van der Waals surface area contributed by atoms with Crippen LogP contribution in [-0.2, 0) is 0 Å². The van der Waals surface area contributed by atoms with E-state index in [1.54, 1.807) is 0 Å². The molecule has 0 fully saturated rings. The fourth-order valence-corrected chi connectivity index (χ4v) is 7.46. The first-order valence-corrected chi connectivity index (χ1v) is 14.2. The summed E-state index contributed by atoms with van der Waals surface area (Å²) in [6, 6.07) is 48.7. The van der Waals surface area contributed by atoms with Crippen molar-refractivity contribution in [2.45, 2.75) is 0 Å². The van der Waals surface area contributed by atoms with Crippen LogP contribution in [0.25, 0.3) is 97.7 Å². The number of para-hydroxylation sites is 1. The maximum atomic E-state index is 6.60. The summed E-state index contributed by atoms with van der Waals surface area (Å²) < 4.78 is 6.60. The lowest BCUT2D eigenvalue weighted by molar-refractivity contribution is 0.670. The number of hydrogen-bond acceptors (Lipinski definition) is 1. The molecule has 0 aliphatic heterocycles. The predicted octanol–water partition coefficient (Wildman–Crippen LogP) is 11.6. The lowest BCUT2D eigenvalue weighted by Crippen LogP contribution is -1.90. The van der Waals surface area contributed by atoms with Gasteiger partial charge in [0.1, 0.15) is 11.2 Å². The number of hydrogen-bond donors (Lipinski definition) is 0. The molecule has 0 unspecified atom stereocenters. The Hall–Kier alpha value is -5.40. The second-order valence-corrected chi connectivity index (χ2v) is 11.2. The summed E-state index contributed by atoms with van der Waals surface area (Å²) in [7, 11) is 0. The van der Waals surface area contributed by atoms with E-state index in [9.17, 15) is 0 Å². The number of benzene rings is 9. The van der Waals surface area contributed by atoms with E-state index in [1.165, 1.54) is 75.6 Å². The third kappa shape index (κ3) is 2.70. The van der Waals surface area contributed by atoms with Crippen LogP contribution in [0.3, 0.4) is 0 Å². The van der Waals surface area contributed by atoms with Gasteiger partial charge in [-0.15, -0.1) is 0 Å². The topological polar surface area (TPSA) is 13.1 Å². The van der Waals surface area contributed by atoms with Crippen molar-refractivity contribution in [3.63, 3.8) is 0 Å². The molecule has 0 atom stereocenters. The minimum atomic E-state index is 0.932. The largest absolute Gasteiger partial charge is 0.455 e. The van der Waals surface area contributed by atoms with Crippen molar-refractivity contribution < 1.29 is 4.42 Å². The van der Waals surface area contributed by atoms with Crippen LogP contribution in [0.5, 0.6) is 0 Å². The van der Waals surface area contributed by atoms with Crippen LogP contribution in [0.2, 0.25) is 0 Å². The van der Waals surface area contributed by atoms with Gasteiger partial charge in [-0.1, -0.05) is 121 Å². The molecule has 188 valence electrons. The molecule has 0 bridgehead atoms. The molecule has 0 spiro atoms.